The monoisotopic (exact) mass is 392 g/mol. The van der Waals surface area contributed by atoms with Crippen LogP contribution < -0.4 is 10.6 Å². The third-order valence-corrected chi connectivity index (χ3v) is 4.70. The molecule has 0 saturated carbocycles. The number of rotatable bonds is 6. The molecule has 1 heterocycles. The van der Waals surface area contributed by atoms with Gasteiger partial charge in [-0.3, -0.25) is 14.4 Å². The summed E-state index contributed by atoms with van der Waals surface area (Å²) in [5, 5.41) is 10.9. The highest BCUT2D eigenvalue weighted by atomic mass is 16.2. The molecule has 2 aromatic rings. The summed E-state index contributed by atoms with van der Waals surface area (Å²) in [6.07, 6.45) is 0.474. The molecule has 2 aromatic carbocycles. The highest BCUT2D eigenvalue weighted by Gasteiger charge is 2.24. The zero-order valence-corrected chi connectivity index (χ0v) is 16.6. The van der Waals surface area contributed by atoms with Gasteiger partial charge in [-0.25, -0.2) is 5.01 Å². The normalized spacial score (nSPS) is 13.7. The largest absolute Gasteiger partial charge is 0.342 e. The predicted octanol–water partition coefficient (Wildman–Crippen LogP) is 2.54. The van der Waals surface area contributed by atoms with Crippen molar-refractivity contribution in [3.05, 3.63) is 65.2 Å². The SMILES string of the molecule is Cc1cccc(C)c1NC(=O)CNC(=O)C1=NN(Cc2ccccc2)C(=O)CC1. The molecule has 0 saturated heterocycles. The third kappa shape index (κ3) is 5.28. The van der Waals surface area contributed by atoms with Crippen LogP contribution >= 0.6 is 0 Å². The van der Waals surface area contributed by atoms with Crippen molar-refractivity contribution in [1.29, 1.82) is 0 Å². The van der Waals surface area contributed by atoms with Crippen molar-refractivity contribution in [2.45, 2.75) is 33.2 Å². The number of aryl methyl sites for hydroxylation is 2. The molecule has 7 nitrogen and oxygen atoms in total. The summed E-state index contributed by atoms with van der Waals surface area (Å²) in [4.78, 5) is 36.8. The van der Waals surface area contributed by atoms with Crippen LogP contribution in [-0.2, 0) is 20.9 Å². The van der Waals surface area contributed by atoms with Crippen LogP contribution in [0.2, 0.25) is 0 Å². The highest BCUT2D eigenvalue weighted by molar-refractivity contribution is 6.39. The Morgan fingerprint density at radius 1 is 1.00 bits per heavy atom. The molecule has 0 unspecified atom stereocenters. The summed E-state index contributed by atoms with van der Waals surface area (Å²) in [7, 11) is 0. The number of para-hydroxylation sites is 1. The van der Waals surface area contributed by atoms with Gasteiger partial charge in [-0.1, -0.05) is 48.5 Å². The third-order valence-electron chi connectivity index (χ3n) is 4.70. The average molecular weight is 392 g/mol. The van der Waals surface area contributed by atoms with E-state index in [4.69, 9.17) is 0 Å². The van der Waals surface area contributed by atoms with Crippen molar-refractivity contribution in [2.75, 3.05) is 11.9 Å². The van der Waals surface area contributed by atoms with Crippen molar-refractivity contribution in [3.63, 3.8) is 0 Å². The van der Waals surface area contributed by atoms with E-state index in [9.17, 15) is 14.4 Å². The maximum absolute atomic E-state index is 12.4. The van der Waals surface area contributed by atoms with Crippen LogP contribution in [-0.4, -0.2) is 35.0 Å². The highest BCUT2D eigenvalue weighted by Crippen LogP contribution is 2.19. The number of nitrogens with zero attached hydrogens (tertiary/aromatic N) is 2. The van der Waals surface area contributed by atoms with Crippen LogP contribution in [0.3, 0.4) is 0 Å². The van der Waals surface area contributed by atoms with Gasteiger partial charge >= 0.3 is 0 Å². The number of amides is 3. The van der Waals surface area contributed by atoms with E-state index in [1.807, 2.05) is 62.4 Å². The molecule has 3 rings (SSSR count). The van der Waals surface area contributed by atoms with Crippen molar-refractivity contribution >= 4 is 29.1 Å². The van der Waals surface area contributed by atoms with Gasteiger partial charge in [-0.2, -0.15) is 5.10 Å². The van der Waals surface area contributed by atoms with Crippen LogP contribution in [0.25, 0.3) is 0 Å². The standard InChI is InChI=1S/C22H24N4O3/c1-15-7-6-8-16(2)21(15)24-19(27)13-23-22(29)18-11-12-20(28)26(25-18)14-17-9-4-3-5-10-17/h3-10H,11-14H2,1-2H3,(H,23,29)(H,24,27). The van der Waals surface area contributed by atoms with Crippen molar-refractivity contribution in [2.24, 2.45) is 5.10 Å². The minimum absolute atomic E-state index is 0.127. The molecule has 0 aliphatic carbocycles. The Balaban J connectivity index is 1.58. The summed E-state index contributed by atoms with van der Waals surface area (Å²) >= 11 is 0. The zero-order valence-electron chi connectivity index (χ0n) is 16.6. The van der Waals surface area contributed by atoms with Crippen LogP contribution in [0.4, 0.5) is 5.69 Å². The van der Waals surface area contributed by atoms with E-state index in [1.165, 1.54) is 5.01 Å². The lowest BCUT2D eigenvalue weighted by Crippen LogP contribution is -2.41. The molecule has 0 atom stereocenters. The fourth-order valence-electron chi connectivity index (χ4n) is 3.10. The Morgan fingerprint density at radius 2 is 1.69 bits per heavy atom. The lowest BCUT2D eigenvalue weighted by Gasteiger charge is -2.23. The van der Waals surface area contributed by atoms with Gasteiger partial charge in [0.1, 0.15) is 5.71 Å². The molecule has 0 spiro atoms. The van der Waals surface area contributed by atoms with Gasteiger partial charge in [-0.05, 0) is 30.5 Å². The smallest absolute Gasteiger partial charge is 0.267 e. The molecule has 0 fully saturated rings. The Labute approximate surface area is 169 Å². The molecule has 0 radical (unpaired) electrons. The molecule has 1 aliphatic rings. The maximum atomic E-state index is 12.4. The second-order valence-corrected chi connectivity index (χ2v) is 6.98. The Bertz CT molecular complexity index is 934. The summed E-state index contributed by atoms with van der Waals surface area (Å²) in [6, 6.07) is 15.2. The molecular formula is C22H24N4O3. The Morgan fingerprint density at radius 3 is 2.38 bits per heavy atom. The molecule has 1 aliphatic heterocycles. The van der Waals surface area contributed by atoms with Gasteiger partial charge in [0.05, 0.1) is 13.1 Å². The summed E-state index contributed by atoms with van der Waals surface area (Å²) in [6.45, 7) is 3.97. The quantitative estimate of drug-likeness (QED) is 0.791. The number of nitrogens with one attached hydrogen (secondary N) is 2. The number of anilines is 1. The van der Waals surface area contributed by atoms with E-state index in [0.29, 0.717) is 6.54 Å². The van der Waals surface area contributed by atoms with Crippen LogP contribution in [0.15, 0.2) is 53.6 Å². The van der Waals surface area contributed by atoms with Crippen molar-refractivity contribution in [3.8, 4) is 0 Å². The lowest BCUT2D eigenvalue weighted by atomic mass is 10.1. The maximum Gasteiger partial charge on any atom is 0.267 e. The molecule has 29 heavy (non-hydrogen) atoms. The van der Waals surface area contributed by atoms with E-state index in [2.05, 4.69) is 15.7 Å². The van der Waals surface area contributed by atoms with E-state index >= 15 is 0 Å². The summed E-state index contributed by atoms with van der Waals surface area (Å²) in [5.74, 6) is -0.880. The van der Waals surface area contributed by atoms with Crippen molar-refractivity contribution in [1.82, 2.24) is 10.3 Å². The number of carbonyl (C=O) groups excluding carboxylic acids is 3. The average Bonchev–Trinajstić information content (AvgIpc) is 2.71. The first-order chi connectivity index (χ1) is 13.9. The zero-order chi connectivity index (χ0) is 20.8. The first-order valence-corrected chi connectivity index (χ1v) is 9.50. The molecule has 150 valence electrons. The molecule has 0 aromatic heterocycles. The van der Waals surface area contributed by atoms with Gasteiger partial charge in [0.2, 0.25) is 11.8 Å². The first-order valence-electron chi connectivity index (χ1n) is 9.50. The number of carbonyl (C=O) groups is 3. The van der Waals surface area contributed by atoms with E-state index in [1.54, 1.807) is 0 Å². The van der Waals surface area contributed by atoms with E-state index < -0.39 is 5.91 Å². The topological polar surface area (TPSA) is 90.9 Å². The fraction of sp³-hybridized carbons (Fsp3) is 0.273. The second-order valence-electron chi connectivity index (χ2n) is 6.98. The summed E-state index contributed by atoms with van der Waals surface area (Å²) < 4.78 is 0. The van der Waals surface area contributed by atoms with Crippen LogP contribution in [0.1, 0.15) is 29.5 Å². The van der Waals surface area contributed by atoms with Gasteiger partial charge in [0.15, 0.2) is 0 Å². The van der Waals surface area contributed by atoms with E-state index in [-0.39, 0.29) is 36.9 Å². The first kappa shape index (κ1) is 20.3. The minimum Gasteiger partial charge on any atom is -0.342 e. The van der Waals surface area contributed by atoms with Gasteiger partial charge < -0.3 is 10.6 Å². The number of hydrazone groups is 1. The Hall–Kier alpha value is -3.48. The van der Waals surface area contributed by atoms with Crippen molar-refractivity contribution < 1.29 is 14.4 Å². The van der Waals surface area contributed by atoms with Gasteiger partial charge in [0.25, 0.3) is 5.91 Å². The molecule has 7 heteroatoms. The molecular weight excluding hydrogens is 368 g/mol. The molecule has 3 amide bonds. The van der Waals surface area contributed by atoms with Crippen LogP contribution in [0.5, 0.6) is 0 Å². The lowest BCUT2D eigenvalue weighted by molar-refractivity contribution is -0.132. The van der Waals surface area contributed by atoms with Gasteiger partial charge in [0, 0.05) is 18.5 Å². The van der Waals surface area contributed by atoms with E-state index in [0.717, 1.165) is 22.4 Å². The number of hydrogen-bond acceptors (Lipinski definition) is 4. The van der Waals surface area contributed by atoms with Crippen LogP contribution in [0, 0.1) is 13.8 Å². The number of benzene rings is 2. The second kappa shape index (κ2) is 9.14. The molecule has 0 bridgehead atoms. The number of hydrogen-bond donors (Lipinski definition) is 2. The summed E-state index contributed by atoms with van der Waals surface area (Å²) in [5.41, 5.74) is 3.84. The molecule has 2 N–H and O–H groups in total. The predicted molar refractivity (Wildman–Crippen MR) is 111 cm³/mol. The minimum atomic E-state index is -0.438. The Kier molecular flexibility index (Phi) is 6.39. The fourth-order valence-corrected chi connectivity index (χ4v) is 3.10. The van der Waals surface area contributed by atoms with Gasteiger partial charge in [-0.15, -0.1) is 0 Å².